The highest BCUT2D eigenvalue weighted by atomic mass is 19.4. The van der Waals surface area contributed by atoms with E-state index in [2.05, 4.69) is 15.0 Å². The van der Waals surface area contributed by atoms with Crippen molar-refractivity contribution < 1.29 is 13.2 Å². The number of H-pyrrole nitrogens is 1. The van der Waals surface area contributed by atoms with Crippen LogP contribution in [-0.4, -0.2) is 15.0 Å². The summed E-state index contributed by atoms with van der Waals surface area (Å²) in [5.74, 6) is 0.700. The predicted molar refractivity (Wildman–Crippen MR) is 68.7 cm³/mol. The maximum absolute atomic E-state index is 12.6. The third kappa shape index (κ3) is 2.18. The first kappa shape index (κ1) is 12.5. The van der Waals surface area contributed by atoms with Gasteiger partial charge in [0, 0.05) is 0 Å². The Morgan fingerprint density at radius 1 is 1.05 bits per heavy atom. The molecule has 2 heterocycles. The molecule has 0 unspecified atom stereocenters. The number of benzene rings is 1. The maximum atomic E-state index is 12.6. The van der Waals surface area contributed by atoms with Crippen molar-refractivity contribution in [3.63, 3.8) is 0 Å². The van der Waals surface area contributed by atoms with Crippen molar-refractivity contribution in [1.29, 1.82) is 0 Å². The molecule has 0 aliphatic carbocycles. The van der Waals surface area contributed by atoms with Gasteiger partial charge < -0.3 is 10.7 Å². The second-order valence-corrected chi connectivity index (χ2v) is 4.26. The number of alkyl halides is 3. The number of nitrogen functional groups attached to an aromatic ring is 1. The number of nitrogens with two attached hydrogens (primary N) is 1. The number of nitrogens with zero attached hydrogens (tertiary/aromatic N) is 2. The number of pyridine rings is 1. The van der Waals surface area contributed by atoms with E-state index in [4.69, 9.17) is 5.73 Å². The number of imidazole rings is 1. The lowest BCUT2D eigenvalue weighted by Gasteiger charge is -2.05. The molecule has 0 amide bonds. The average Bonchev–Trinajstić information content (AvgIpc) is 2.80. The molecule has 0 fully saturated rings. The van der Waals surface area contributed by atoms with Crippen LogP contribution in [0.4, 0.5) is 19.0 Å². The fourth-order valence-corrected chi connectivity index (χ4v) is 1.89. The Bertz CT molecular complexity index is 777. The third-order valence-corrected chi connectivity index (χ3v) is 2.82. The fraction of sp³-hybridized carbons (Fsp3) is 0.0769. The number of nitrogens with one attached hydrogen (secondary N) is 1. The summed E-state index contributed by atoms with van der Waals surface area (Å²) in [7, 11) is 0. The lowest BCUT2D eigenvalue weighted by molar-refractivity contribution is -0.137. The number of fused-ring (bicyclic) bond motifs is 1. The van der Waals surface area contributed by atoms with Crippen LogP contribution < -0.4 is 5.73 Å². The first-order chi connectivity index (χ1) is 9.43. The van der Waals surface area contributed by atoms with Crippen LogP contribution >= 0.6 is 0 Å². The second-order valence-electron chi connectivity index (χ2n) is 4.26. The Labute approximate surface area is 111 Å². The van der Waals surface area contributed by atoms with Gasteiger partial charge in [0.2, 0.25) is 0 Å². The summed E-state index contributed by atoms with van der Waals surface area (Å²) in [6.07, 6.45) is -4.38. The number of hydrogen-bond donors (Lipinski definition) is 2. The molecule has 0 bridgehead atoms. The Kier molecular flexibility index (Phi) is 2.63. The monoisotopic (exact) mass is 278 g/mol. The lowest BCUT2D eigenvalue weighted by atomic mass is 10.2. The number of rotatable bonds is 1. The standard InChI is InChI=1S/C13H9F3N4/c14-13(15,16)7-4-5-8-10(6-7)20-12(19-8)9-2-1-3-11(17)18-9/h1-6H,(H2,17,18)(H,19,20). The summed E-state index contributed by atoms with van der Waals surface area (Å²) in [6, 6.07) is 8.35. The van der Waals surface area contributed by atoms with Crippen molar-refractivity contribution in [1.82, 2.24) is 15.0 Å². The molecule has 102 valence electrons. The molecule has 0 saturated heterocycles. The van der Waals surface area contributed by atoms with E-state index < -0.39 is 11.7 Å². The molecule has 0 aliphatic heterocycles. The van der Waals surface area contributed by atoms with E-state index in [1.54, 1.807) is 18.2 Å². The Hall–Kier alpha value is -2.57. The van der Waals surface area contributed by atoms with Crippen molar-refractivity contribution in [3.8, 4) is 11.5 Å². The summed E-state index contributed by atoms with van der Waals surface area (Å²) in [6.45, 7) is 0. The Balaban J connectivity index is 2.11. The fourth-order valence-electron chi connectivity index (χ4n) is 1.89. The van der Waals surface area contributed by atoms with Gasteiger partial charge in [0.15, 0.2) is 5.82 Å². The number of halogens is 3. The van der Waals surface area contributed by atoms with Gasteiger partial charge in [0.05, 0.1) is 16.6 Å². The molecular formula is C13H9F3N4. The first-order valence-corrected chi connectivity index (χ1v) is 5.73. The number of hydrogen-bond acceptors (Lipinski definition) is 3. The van der Waals surface area contributed by atoms with Crippen molar-refractivity contribution in [2.75, 3.05) is 5.73 Å². The number of aromatic nitrogens is 3. The van der Waals surface area contributed by atoms with Crippen LogP contribution in [0.15, 0.2) is 36.4 Å². The lowest BCUT2D eigenvalue weighted by Crippen LogP contribution is -2.04. The van der Waals surface area contributed by atoms with E-state index in [1.165, 1.54) is 6.07 Å². The zero-order chi connectivity index (χ0) is 14.3. The first-order valence-electron chi connectivity index (χ1n) is 5.73. The van der Waals surface area contributed by atoms with Crippen LogP contribution in [0.2, 0.25) is 0 Å². The van der Waals surface area contributed by atoms with E-state index in [9.17, 15) is 13.2 Å². The van der Waals surface area contributed by atoms with Crippen LogP contribution in [0.3, 0.4) is 0 Å². The maximum Gasteiger partial charge on any atom is 0.416 e. The van der Waals surface area contributed by atoms with Crippen LogP contribution in [0.25, 0.3) is 22.6 Å². The average molecular weight is 278 g/mol. The molecule has 2 aromatic heterocycles. The minimum Gasteiger partial charge on any atom is -0.384 e. The van der Waals surface area contributed by atoms with Gasteiger partial charge in [-0.1, -0.05) is 6.07 Å². The predicted octanol–water partition coefficient (Wildman–Crippen LogP) is 3.23. The molecule has 0 aliphatic rings. The molecule has 3 aromatic rings. The van der Waals surface area contributed by atoms with Crippen molar-refractivity contribution in [2.45, 2.75) is 6.18 Å². The van der Waals surface area contributed by atoms with Gasteiger partial charge in [0.1, 0.15) is 11.5 Å². The SMILES string of the molecule is Nc1cccc(-c2nc3ccc(C(F)(F)F)cc3[nH]2)n1. The third-order valence-electron chi connectivity index (χ3n) is 2.82. The topological polar surface area (TPSA) is 67.6 Å². The highest BCUT2D eigenvalue weighted by Crippen LogP contribution is 2.31. The van der Waals surface area contributed by atoms with Crippen LogP contribution in [0.5, 0.6) is 0 Å². The molecule has 0 atom stereocenters. The molecule has 3 rings (SSSR count). The normalized spacial score (nSPS) is 11.9. The van der Waals surface area contributed by atoms with Crippen LogP contribution in [0.1, 0.15) is 5.56 Å². The van der Waals surface area contributed by atoms with Gasteiger partial charge in [-0.15, -0.1) is 0 Å². The molecule has 4 nitrogen and oxygen atoms in total. The molecule has 20 heavy (non-hydrogen) atoms. The van der Waals surface area contributed by atoms with Gasteiger partial charge in [0.25, 0.3) is 0 Å². The Morgan fingerprint density at radius 2 is 1.85 bits per heavy atom. The van der Waals surface area contributed by atoms with Gasteiger partial charge >= 0.3 is 6.18 Å². The molecule has 0 saturated carbocycles. The second kappa shape index (κ2) is 4.22. The Morgan fingerprint density at radius 3 is 2.55 bits per heavy atom. The van der Waals surface area contributed by atoms with Crippen LogP contribution in [-0.2, 0) is 6.18 Å². The molecule has 1 aromatic carbocycles. The van der Waals surface area contributed by atoms with E-state index in [-0.39, 0.29) is 0 Å². The highest BCUT2D eigenvalue weighted by Gasteiger charge is 2.30. The van der Waals surface area contributed by atoms with Crippen molar-refractivity contribution >= 4 is 16.9 Å². The van der Waals surface area contributed by atoms with Crippen molar-refractivity contribution in [3.05, 3.63) is 42.0 Å². The summed E-state index contributed by atoms with van der Waals surface area (Å²) in [5, 5.41) is 0. The zero-order valence-corrected chi connectivity index (χ0v) is 10.1. The highest BCUT2D eigenvalue weighted by molar-refractivity contribution is 5.79. The quantitative estimate of drug-likeness (QED) is 0.718. The summed E-state index contributed by atoms with van der Waals surface area (Å²) < 4.78 is 37.9. The number of aromatic amines is 1. The smallest absolute Gasteiger partial charge is 0.384 e. The van der Waals surface area contributed by atoms with E-state index in [0.717, 1.165) is 12.1 Å². The number of anilines is 1. The molecular weight excluding hydrogens is 269 g/mol. The largest absolute Gasteiger partial charge is 0.416 e. The molecule has 7 heteroatoms. The minimum absolute atomic E-state index is 0.305. The zero-order valence-electron chi connectivity index (χ0n) is 10.1. The minimum atomic E-state index is -4.38. The summed E-state index contributed by atoms with van der Waals surface area (Å²) in [4.78, 5) is 11.1. The van der Waals surface area contributed by atoms with E-state index >= 15 is 0 Å². The van der Waals surface area contributed by atoms with E-state index in [1.807, 2.05) is 0 Å². The summed E-state index contributed by atoms with van der Waals surface area (Å²) >= 11 is 0. The van der Waals surface area contributed by atoms with Gasteiger partial charge in [-0.3, -0.25) is 0 Å². The molecule has 0 spiro atoms. The van der Waals surface area contributed by atoms with Crippen LogP contribution in [0, 0.1) is 0 Å². The van der Waals surface area contributed by atoms with Crippen molar-refractivity contribution in [2.24, 2.45) is 0 Å². The van der Waals surface area contributed by atoms with Gasteiger partial charge in [-0.25, -0.2) is 9.97 Å². The molecule has 0 radical (unpaired) electrons. The van der Waals surface area contributed by atoms with Gasteiger partial charge in [-0.05, 0) is 30.3 Å². The summed E-state index contributed by atoms with van der Waals surface area (Å²) in [5.41, 5.74) is 6.08. The van der Waals surface area contributed by atoms with E-state index in [0.29, 0.717) is 28.4 Å². The van der Waals surface area contributed by atoms with Gasteiger partial charge in [-0.2, -0.15) is 13.2 Å². The molecule has 3 N–H and O–H groups in total.